The molecule has 0 unspecified atom stereocenters. The van der Waals surface area contributed by atoms with Crippen molar-refractivity contribution < 1.29 is 4.79 Å². The van der Waals surface area contributed by atoms with Gasteiger partial charge in [0.25, 0.3) is 5.91 Å². The fraction of sp³-hybridized carbons (Fsp3) is 0.0435. The summed E-state index contributed by atoms with van der Waals surface area (Å²) in [6, 6.07) is 20.5. The first-order valence-corrected chi connectivity index (χ1v) is 9.78. The SMILES string of the molecule is O=C(NCc1ccncc1)c1ccc(Nc2ccc(Cl)cc2Cl)c2ccccc12. The molecule has 4 nitrogen and oxygen atoms in total. The minimum absolute atomic E-state index is 0.130. The summed E-state index contributed by atoms with van der Waals surface area (Å²) in [6.07, 6.45) is 3.42. The van der Waals surface area contributed by atoms with E-state index in [1.54, 1.807) is 24.5 Å². The molecule has 1 aromatic heterocycles. The van der Waals surface area contributed by atoms with Crippen LogP contribution in [0.15, 0.2) is 79.1 Å². The smallest absolute Gasteiger partial charge is 0.252 e. The molecule has 0 aliphatic rings. The summed E-state index contributed by atoms with van der Waals surface area (Å²) in [5, 5.41) is 9.19. The maximum atomic E-state index is 12.8. The second kappa shape index (κ2) is 8.52. The standard InChI is InChI=1S/C23H17Cl2N3O/c24-16-5-7-22(20(25)13-16)28-21-8-6-19(17-3-1-2-4-18(17)21)23(29)27-14-15-9-11-26-12-10-15/h1-13,28H,14H2,(H,27,29). The highest BCUT2D eigenvalue weighted by atomic mass is 35.5. The first-order valence-electron chi connectivity index (χ1n) is 9.03. The number of rotatable bonds is 5. The lowest BCUT2D eigenvalue weighted by atomic mass is 10.0. The van der Waals surface area contributed by atoms with Crippen molar-refractivity contribution in [2.24, 2.45) is 0 Å². The lowest BCUT2D eigenvalue weighted by molar-refractivity contribution is 0.0952. The maximum Gasteiger partial charge on any atom is 0.252 e. The van der Waals surface area contributed by atoms with Crippen molar-refractivity contribution >= 4 is 51.3 Å². The normalized spacial score (nSPS) is 10.7. The molecule has 0 radical (unpaired) electrons. The maximum absolute atomic E-state index is 12.8. The molecule has 1 heterocycles. The molecule has 2 N–H and O–H groups in total. The third-order valence-electron chi connectivity index (χ3n) is 4.57. The summed E-state index contributed by atoms with van der Waals surface area (Å²) in [6.45, 7) is 0.441. The van der Waals surface area contributed by atoms with Gasteiger partial charge in [-0.25, -0.2) is 0 Å². The number of halogens is 2. The zero-order valence-corrected chi connectivity index (χ0v) is 16.8. The number of fused-ring (bicyclic) bond motifs is 1. The summed E-state index contributed by atoms with van der Waals surface area (Å²) in [5.41, 5.74) is 3.21. The Kier molecular flexibility index (Phi) is 5.65. The van der Waals surface area contributed by atoms with E-state index in [1.807, 2.05) is 54.6 Å². The van der Waals surface area contributed by atoms with Crippen molar-refractivity contribution in [3.63, 3.8) is 0 Å². The van der Waals surface area contributed by atoms with Crippen molar-refractivity contribution in [3.8, 4) is 0 Å². The monoisotopic (exact) mass is 421 g/mol. The van der Waals surface area contributed by atoms with E-state index in [-0.39, 0.29) is 5.91 Å². The molecule has 0 bridgehead atoms. The van der Waals surface area contributed by atoms with Gasteiger partial charge in [-0.1, -0.05) is 47.5 Å². The molecule has 0 spiro atoms. The Morgan fingerprint density at radius 2 is 1.59 bits per heavy atom. The van der Waals surface area contributed by atoms with E-state index < -0.39 is 0 Å². The van der Waals surface area contributed by atoms with Crippen LogP contribution >= 0.6 is 23.2 Å². The van der Waals surface area contributed by atoms with Gasteiger partial charge in [0, 0.05) is 40.6 Å². The van der Waals surface area contributed by atoms with Crippen LogP contribution in [0.3, 0.4) is 0 Å². The number of nitrogens with zero attached hydrogens (tertiary/aromatic N) is 1. The number of carbonyl (C=O) groups excluding carboxylic acids is 1. The molecule has 0 saturated heterocycles. The van der Waals surface area contributed by atoms with E-state index in [1.165, 1.54) is 0 Å². The molecular formula is C23H17Cl2N3O. The Labute approximate surface area is 178 Å². The number of amides is 1. The molecule has 0 atom stereocenters. The molecular weight excluding hydrogens is 405 g/mol. The van der Waals surface area contributed by atoms with E-state index in [0.717, 1.165) is 27.7 Å². The predicted molar refractivity (Wildman–Crippen MR) is 119 cm³/mol. The van der Waals surface area contributed by atoms with E-state index in [2.05, 4.69) is 15.6 Å². The van der Waals surface area contributed by atoms with Gasteiger partial charge in [-0.2, -0.15) is 0 Å². The number of pyridine rings is 1. The molecule has 29 heavy (non-hydrogen) atoms. The first-order chi connectivity index (χ1) is 14.1. The summed E-state index contributed by atoms with van der Waals surface area (Å²) >= 11 is 12.3. The van der Waals surface area contributed by atoms with Gasteiger partial charge in [-0.15, -0.1) is 0 Å². The highest BCUT2D eigenvalue weighted by molar-refractivity contribution is 6.36. The molecule has 0 aliphatic carbocycles. The van der Waals surface area contributed by atoms with Crippen LogP contribution < -0.4 is 10.6 Å². The van der Waals surface area contributed by atoms with E-state index in [0.29, 0.717) is 22.2 Å². The summed E-state index contributed by atoms with van der Waals surface area (Å²) in [7, 11) is 0. The average molecular weight is 422 g/mol. The second-order valence-electron chi connectivity index (χ2n) is 6.49. The number of hydrogen-bond acceptors (Lipinski definition) is 3. The molecule has 0 fully saturated rings. The molecule has 4 rings (SSSR count). The van der Waals surface area contributed by atoms with E-state index >= 15 is 0 Å². The fourth-order valence-electron chi connectivity index (χ4n) is 3.12. The highest BCUT2D eigenvalue weighted by Gasteiger charge is 2.13. The Morgan fingerprint density at radius 3 is 2.34 bits per heavy atom. The number of carbonyl (C=O) groups is 1. The van der Waals surface area contributed by atoms with Crippen molar-refractivity contribution in [1.82, 2.24) is 10.3 Å². The molecule has 3 aromatic carbocycles. The number of anilines is 2. The second-order valence-corrected chi connectivity index (χ2v) is 7.34. The molecule has 0 saturated carbocycles. The fourth-order valence-corrected chi connectivity index (χ4v) is 3.58. The predicted octanol–water partition coefficient (Wildman–Crippen LogP) is 6.22. The summed E-state index contributed by atoms with van der Waals surface area (Å²) in [4.78, 5) is 16.8. The molecule has 1 amide bonds. The van der Waals surface area contributed by atoms with Crippen molar-refractivity contribution in [1.29, 1.82) is 0 Å². The molecule has 144 valence electrons. The van der Waals surface area contributed by atoms with Crippen LogP contribution in [-0.4, -0.2) is 10.9 Å². The van der Waals surface area contributed by atoms with Crippen LogP contribution in [-0.2, 0) is 6.54 Å². The third-order valence-corrected chi connectivity index (χ3v) is 5.12. The van der Waals surface area contributed by atoms with Gasteiger partial charge in [0.15, 0.2) is 0 Å². The molecule has 0 aliphatic heterocycles. The zero-order chi connectivity index (χ0) is 20.2. The van der Waals surface area contributed by atoms with Gasteiger partial charge in [0.05, 0.1) is 10.7 Å². The minimum atomic E-state index is -0.130. The van der Waals surface area contributed by atoms with Crippen molar-refractivity contribution in [2.45, 2.75) is 6.54 Å². The lowest BCUT2D eigenvalue weighted by Crippen LogP contribution is -2.23. The van der Waals surface area contributed by atoms with Gasteiger partial charge in [-0.3, -0.25) is 9.78 Å². The molecule has 6 heteroatoms. The number of hydrogen-bond donors (Lipinski definition) is 2. The first kappa shape index (κ1) is 19.2. The van der Waals surface area contributed by atoms with Crippen molar-refractivity contribution in [2.75, 3.05) is 5.32 Å². The number of aromatic nitrogens is 1. The molecule has 4 aromatic rings. The van der Waals surface area contributed by atoms with Gasteiger partial charge in [0.2, 0.25) is 0 Å². The van der Waals surface area contributed by atoms with E-state index in [9.17, 15) is 4.79 Å². The quantitative estimate of drug-likeness (QED) is 0.402. The van der Waals surface area contributed by atoms with Crippen LogP contribution in [0.1, 0.15) is 15.9 Å². The largest absolute Gasteiger partial charge is 0.354 e. The van der Waals surface area contributed by atoms with Gasteiger partial charge >= 0.3 is 0 Å². The zero-order valence-electron chi connectivity index (χ0n) is 15.3. The van der Waals surface area contributed by atoms with Gasteiger partial charge in [-0.05, 0) is 53.4 Å². The van der Waals surface area contributed by atoms with Crippen molar-refractivity contribution in [3.05, 3.63) is 100 Å². The Bertz CT molecular complexity index is 1180. The minimum Gasteiger partial charge on any atom is -0.354 e. The number of benzene rings is 3. The summed E-state index contributed by atoms with van der Waals surface area (Å²) in [5.74, 6) is -0.130. The third kappa shape index (κ3) is 4.34. The van der Waals surface area contributed by atoms with Crippen LogP contribution in [0.25, 0.3) is 10.8 Å². The van der Waals surface area contributed by atoms with Crippen LogP contribution in [0.5, 0.6) is 0 Å². The highest BCUT2D eigenvalue weighted by Crippen LogP contribution is 2.33. The Hall–Kier alpha value is -3.08. The van der Waals surface area contributed by atoms with Gasteiger partial charge in [0.1, 0.15) is 0 Å². The Morgan fingerprint density at radius 1 is 0.862 bits per heavy atom. The Balaban J connectivity index is 1.63. The van der Waals surface area contributed by atoms with Crippen LogP contribution in [0.4, 0.5) is 11.4 Å². The topological polar surface area (TPSA) is 54.0 Å². The average Bonchev–Trinajstić information content (AvgIpc) is 2.75. The summed E-state index contributed by atoms with van der Waals surface area (Å²) < 4.78 is 0. The lowest BCUT2D eigenvalue weighted by Gasteiger charge is -2.14. The number of nitrogens with one attached hydrogen (secondary N) is 2. The van der Waals surface area contributed by atoms with Crippen LogP contribution in [0, 0.1) is 0 Å². The van der Waals surface area contributed by atoms with Crippen LogP contribution in [0.2, 0.25) is 10.0 Å². The van der Waals surface area contributed by atoms with E-state index in [4.69, 9.17) is 23.2 Å². The van der Waals surface area contributed by atoms with Gasteiger partial charge < -0.3 is 10.6 Å².